The summed E-state index contributed by atoms with van der Waals surface area (Å²) in [5, 5.41) is 8.26. The zero-order valence-corrected chi connectivity index (χ0v) is 9.75. The van der Waals surface area contributed by atoms with E-state index in [-0.39, 0.29) is 18.0 Å². The summed E-state index contributed by atoms with van der Waals surface area (Å²) in [6, 6.07) is 0.971. The van der Waals surface area contributed by atoms with E-state index in [4.69, 9.17) is 5.11 Å². The normalized spacial score (nSPS) is 21.5. The third-order valence-corrected chi connectivity index (χ3v) is 3.10. The summed E-state index contributed by atoms with van der Waals surface area (Å²) in [6.45, 7) is 0. The van der Waals surface area contributed by atoms with Crippen molar-refractivity contribution in [1.82, 2.24) is 0 Å². The maximum atomic E-state index is 9.87. The second-order valence-electron chi connectivity index (χ2n) is 4.69. The van der Waals surface area contributed by atoms with Gasteiger partial charge in [0.15, 0.2) is 5.78 Å². The van der Waals surface area contributed by atoms with Gasteiger partial charge < -0.3 is 10.0 Å². The summed E-state index contributed by atoms with van der Waals surface area (Å²) >= 11 is 0. The Hall–Kier alpha value is -0.830. The first-order valence-electron chi connectivity index (χ1n) is 5.82. The molecule has 2 aliphatic carbocycles. The van der Waals surface area contributed by atoms with Gasteiger partial charge in [-0.1, -0.05) is 6.42 Å². The number of allylic oxidation sites excluding steroid dienone is 2. The minimum atomic E-state index is 0.0208. The molecule has 86 valence electrons. The molecule has 0 aromatic carbocycles. The molecule has 0 aliphatic heterocycles. The van der Waals surface area contributed by atoms with Gasteiger partial charge in [-0.2, -0.15) is 0 Å². The highest BCUT2D eigenvalue weighted by Crippen LogP contribution is 2.14. The van der Waals surface area contributed by atoms with E-state index in [0.29, 0.717) is 0 Å². The predicted octanol–water partition coefficient (Wildman–Crippen LogP) is 0.865. The Balaban J connectivity index is 0.000000162. The third-order valence-electron chi connectivity index (χ3n) is 3.10. The summed E-state index contributed by atoms with van der Waals surface area (Å²) in [4.78, 5) is 11.5. The van der Waals surface area contributed by atoms with Crippen LogP contribution < -0.4 is 4.90 Å². The lowest BCUT2D eigenvalue weighted by Crippen LogP contribution is -3.10. The molecule has 3 nitrogen and oxygen atoms in total. The molecule has 0 aromatic heterocycles. The van der Waals surface area contributed by atoms with Crippen molar-refractivity contribution in [2.75, 3.05) is 14.1 Å². The van der Waals surface area contributed by atoms with Crippen molar-refractivity contribution >= 4 is 5.78 Å². The molecule has 0 radical (unpaired) electrons. The standard InChI is InChI=1S/C8H17N.C4H4O2/c1-9(2)8-6-4-3-5-7-8;5-3-1-4(6)2-3/h8H,3-7H2,1-2H3;1,5H,2H2/p+1. The molecule has 3 heteroatoms. The van der Waals surface area contributed by atoms with E-state index in [0.717, 1.165) is 6.04 Å². The van der Waals surface area contributed by atoms with E-state index in [9.17, 15) is 4.79 Å². The molecular formula is C12H22NO2+. The molecule has 0 atom stereocenters. The van der Waals surface area contributed by atoms with E-state index >= 15 is 0 Å². The van der Waals surface area contributed by atoms with Crippen LogP contribution in [0, 0.1) is 0 Å². The molecule has 2 rings (SSSR count). The second kappa shape index (κ2) is 5.91. The third kappa shape index (κ3) is 4.47. The van der Waals surface area contributed by atoms with E-state index in [1.165, 1.54) is 38.2 Å². The van der Waals surface area contributed by atoms with Crippen LogP contribution in [0.2, 0.25) is 0 Å². The maximum absolute atomic E-state index is 9.87. The Morgan fingerprint density at radius 2 is 1.80 bits per heavy atom. The van der Waals surface area contributed by atoms with Gasteiger partial charge in [0, 0.05) is 6.08 Å². The van der Waals surface area contributed by atoms with Crippen LogP contribution in [0.1, 0.15) is 38.5 Å². The molecular weight excluding hydrogens is 190 g/mol. The summed E-state index contributed by atoms with van der Waals surface area (Å²) in [5.74, 6) is 0.229. The number of aliphatic hydroxyl groups is 1. The molecule has 0 saturated heterocycles. The van der Waals surface area contributed by atoms with Gasteiger partial charge in [0.1, 0.15) is 5.76 Å². The first kappa shape index (κ1) is 12.2. The van der Waals surface area contributed by atoms with Crippen LogP contribution >= 0.6 is 0 Å². The number of ketones is 1. The quantitative estimate of drug-likeness (QED) is 0.677. The lowest BCUT2D eigenvalue weighted by atomic mass is 9.95. The number of nitrogens with one attached hydrogen (secondary N) is 1. The number of hydrogen-bond donors (Lipinski definition) is 2. The van der Waals surface area contributed by atoms with Gasteiger partial charge in [0.05, 0.1) is 26.6 Å². The Kier molecular flexibility index (Phi) is 4.82. The molecule has 1 saturated carbocycles. The van der Waals surface area contributed by atoms with E-state index in [2.05, 4.69) is 14.1 Å². The van der Waals surface area contributed by atoms with E-state index < -0.39 is 0 Å². The van der Waals surface area contributed by atoms with Crippen LogP contribution in [0.15, 0.2) is 11.8 Å². The fraction of sp³-hybridized carbons (Fsp3) is 0.750. The van der Waals surface area contributed by atoms with Crippen LogP contribution in [0.4, 0.5) is 0 Å². The van der Waals surface area contributed by atoms with Gasteiger partial charge in [0.2, 0.25) is 0 Å². The van der Waals surface area contributed by atoms with Crippen LogP contribution in [-0.4, -0.2) is 31.0 Å². The van der Waals surface area contributed by atoms with Crippen LogP contribution in [0.25, 0.3) is 0 Å². The zero-order valence-electron chi connectivity index (χ0n) is 9.75. The van der Waals surface area contributed by atoms with E-state index in [1.807, 2.05) is 0 Å². The van der Waals surface area contributed by atoms with Gasteiger partial charge >= 0.3 is 0 Å². The minimum Gasteiger partial charge on any atom is -0.512 e. The number of carbonyl (C=O) groups excluding carboxylic acids is 1. The first-order valence-corrected chi connectivity index (χ1v) is 5.82. The Morgan fingerprint density at radius 1 is 1.27 bits per heavy atom. The second-order valence-corrected chi connectivity index (χ2v) is 4.69. The van der Waals surface area contributed by atoms with Crippen LogP contribution in [0.3, 0.4) is 0 Å². The SMILES string of the molecule is C[NH+](C)C1CCCCC1.O=C1C=C(O)C1. The van der Waals surface area contributed by atoms with Crippen LogP contribution in [-0.2, 0) is 4.79 Å². The fourth-order valence-electron chi connectivity index (χ4n) is 2.02. The average Bonchev–Trinajstić information content (AvgIpc) is 2.18. The molecule has 0 bridgehead atoms. The summed E-state index contributed by atoms with van der Waals surface area (Å²) < 4.78 is 0. The van der Waals surface area contributed by atoms with Crippen molar-refractivity contribution in [2.24, 2.45) is 0 Å². The van der Waals surface area contributed by atoms with Crippen molar-refractivity contribution in [1.29, 1.82) is 0 Å². The van der Waals surface area contributed by atoms with Crippen molar-refractivity contribution in [3.63, 3.8) is 0 Å². The Bertz CT molecular complexity index is 240. The molecule has 1 fully saturated rings. The van der Waals surface area contributed by atoms with Gasteiger partial charge in [-0.15, -0.1) is 0 Å². The average molecular weight is 212 g/mol. The van der Waals surface area contributed by atoms with E-state index in [1.54, 1.807) is 4.90 Å². The smallest absolute Gasteiger partial charge is 0.166 e. The van der Waals surface area contributed by atoms with Crippen molar-refractivity contribution in [3.05, 3.63) is 11.8 Å². The number of rotatable bonds is 1. The zero-order chi connectivity index (χ0) is 11.3. The van der Waals surface area contributed by atoms with Crippen molar-refractivity contribution in [2.45, 2.75) is 44.6 Å². The highest BCUT2D eigenvalue weighted by atomic mass is 16.3. The summed E-state index contributed by atoms with van der Waals surface area (Å²) in [7, 11) is 4.55. The topological polar surface area (TPSA) is 41.7 Å². The number of aliphatic hydroxyl groups excluding tert-OH is 1. The highest BCUT2D eigenvalue weighted by molar-refractivity contribution is 5.97. The first-order chi connectivity index (χ1) is 7.09. The minimum absolute atomic E-state index is 0.0208. The van der Waals surface area contributed by atoms with Gasteiger partial charge in [-0.3, -0.25) is 4.79 Å². The molecule has 0 aromatic rings. The molecule has 2 aliphatic rings. The summed E-state index contributed by atoms with van der Waals surface area (Å²) in [6.07, 6.45) is 8.81. The van der Waals surface area contributed by atoms with Crippen LogP contribution in [0.5, 0.6) is 0 Å². The van der Waals surface area contributed by atoms with Gasteiger partial charge in [-0.05, 0) is 25.7 Å². The molecule has 0 unspecified atom stereocenters. The van der Waals surface area contributed by atoms with Gasteiger partial charge in [-0.25, -0.2) is 0 Å². The summed E-state index contributed by atoms with van der Waals surface area (Å²) in [5.41, 5.74) is 0. The molecule has 0 amide bonds. The lowest BCUT2D eigenvalue weighted by molar-refractivity contribution is -0.887. The van der Waals surface area contributed by atoms with Crippen molar-refractivity contribution in [3.8, 4) is 0 Å². The largest absolute Gasteiger partial charge is 0.512 e. The highest BCUT2D eigenvalue weighted by Gasteiger charge is 2.17. The molecule has 0 heterocycles. The molecule has 2 N–H and O–H groups in total. The molecule has 15 heavy (non-hydrogen) atoms. The maximum Gasteiger partial charge on any atom is 0.166 e. The Labute approximate surface area is 91.8 Å². The Morgan fingerprint density at radius 3 is 2.00 bits per heavy atom. The van der Waals surface area contributed by atoms with Gasteiger partial charge in [0.25, 0.3) is 0 Å². The monoisotopic (exact) mass is 212 g/mol. The predicted molar refractivity (Wildman–Crippen MR) is 60.0 cm³/mol. The number of carbonyl (C=O) groups is 1. The van der Waals surface area contributed by atoms with Crippen molar-refractivity contribution < 1.29 is 14.8 Å². The molecule has 0 spiro atoms. The lowest BCUT2D eigenvalue weighted by Gasteiger charge is -2.24. The number of quaternary nitrogens is 1. The number of hydrogen-bond acceptors (Lipinski definition) is 2. The fourth-order valence-corrected chi connectivity index (χ4v) is 2.02.